The van der Waals surface area contributed by atoms with Gasteiger partial charge in [0.2, 0.25) is 6.08 Å². The molecule has 1 atom stereocenters. The second-order valence-corrected chi connectivity index (χ2v) is 6.69. The third-order valence-electron chi connectivity index (χ3n) is 4.97. The molecule has 0 bridgehead atoms. The maximum atomic E-state index is 10.7. The third-order valence-corrected chi connectivity index (χ3v) is 4.97. The number of hydrogen-bond acceptors (Lipinski definition) is 2. The van der Waals surface area contributed by atoms with Crippen LogP contribution in [0.5, 0.6) is 0 Å². The van der Waals surface area contributed by atoms with Gasteiger partial charge in [0.15, 0.2) is 0 Å². The van der Waals surface area contributed by atoms with Crippen LogP contribution in [0.1, 0.15) is 85.0 Å². The molecule has 0 N–H and O–H groups in total. The standard InChI is InChI=1S/C16H29NO/c1-15(2)12-10-8-6-4-5-7-9-11-13-16(15,3)17-14-18/h4-13H2,1-3H3. The highest BCUT2D eigenvalue weighted by atomic mass is 16.1. The number of hydrogen-bond donors (Lipinski definition) is 0. The first-order valence-corrected chi connectivity index (χ1v) is 7.61. The largest absolute Gasteiger partial charge is 0.235 e. The maximum Gasteiger partial charge on any atom is 0.235 e. The molecule has 1 aliphatic rings. The fourth-order valence-electron chi connectivity index (χ4n) is 3.01. The molecule has 0 spiro atoms. The Balaban J connectivity index is 2.76. The second kappa shape index (κ2) is 7.09. The molecule has 0 saturated heterocycles. The molecule has 1 aliphatic carbocycles. The summed E-state index contributed by atoms with van der Waals surface area (Å²) < 4.78 is 0. The molecule has 1 unspecified atom stereocenters. The first-order chi connectivity index (χ1) is 8.52. The number of isocyanates is 1. The van der Waals surface area contributed by atoms with Gasteiger partial charge in [0.1, 0.15) is 0 Å². The van der Waals surface area contributed by atoms with Crippen LogP contribution in [0.2, 0.25) is 0 Å². The fraction of sp³-hybridized carbons (Fsp3) is 0.938. The highest BCUT2D eigenvalue weighted by Crippen LogP contribution is 2.42. The summed E-state index contributed by atoms with van der Waals surface area (Å²) in [5.74, 6) is 0. The quantitative estimate of drug-likeness (QED) is 0.475. The van der Waals surface area contributed by atoms with Gasteiger partial charge in [-0.25, -0.2) is 4.79 Å². The van der Waals surface area contributed by atoms with Crippen molar-refractivity contribution in [2.45, 2.75) is 90.5 Å². The van der Waals surface area contributed by atoms with Gasteiger partial charge in [-0.05, 0) is 25.2 Å². The van der Waals surface area contributed by atoms with Gasteiger partial charge in [-0.2, -0.15) is 4.99 Å². The van der Waals surface area contributed by atoms with Crippen LogP contribution in [0.4, 0.5) is 0 Å². The molecule has 104 valence electrons. The summed E-state index contributed by atoms with van der Waals surface area (Å²) in [5, 5.41) is 0. The van der Waals surface area contributed by atoms with Crippen molar-refractivity contribution >= 4 is 6.08 Å². The summed E-state index contributed by atoms with van der Waals surface area (Å²) in [4.78, 5) is 14.9. The lowest BCUT2D eigenvalue weighted by Gasteiger charge is -2.41. The smallest absolute Gasteiger partial charge is 0.211 e. The van der Waals surface area contributed by atoms with E-state index in [4.69, 9.17) is 0 Å². The van der Waals surface area contributed by atoms with E-state index in [1.54, 1.807) is 0 Å². The number of aliphatic imine (C=N–C) groups is 1. The van der Waals surface area contributed by atoms with Gasteiger partial charge in [-0.1, -0.05) is 65.2 Å². The Hall–Kier alpha value is -0.620. The summed E-state index contributed by atoms with van der Waals surface area (Å²) >= 11 is 0. The average Bonchev–Trinajstić information content (AvgIpc) is 2.30. The predicted molar refractivity (Wildman–Crippen MR) is 76.5 cm³/mol. The normalized spacial score (nSPS) is 30.6. The van der Waals surface area contributed by atoms with Crippen molar-refractivity contribution in [3.8, 4) is 0 Å². The summed E-state index contributed by atoms with van der Waals surface area (Å²) in [5.41, 5.74) is -0.127. The lowest BCUT2D eigenvalue weighted by atomic mass is 9.68. The topological polar surface area (TPSA) is 29.4 Å². The van der Waals surface area contributed by atoms with Gasteiger partial charge in [0.05, 0.1) is 5.54 Å². The van der Waals surface area contributed by atoms with Crippen LogP contribution >= 0.6 is 0 Å². The van der Waals surface area contributed by atoms with Crippen molar-refractivity contribution in [1.82, 2.24) is 0 Å². The number of nitrogens with zero attached hydrogens (tertiary/aromatic N) is 1. The van der Waals surface area contributed by atoms with Crippen molar-refractivity contribution in [2.75, 3.05) is 0 Å². The molecule has 0 heterocycles. The van der Waals surface area contributed by atoms with Gasteiger partial charge >= 0.3 is 0 Å². The van der Waals surface area contributed by atoms with Crippen LogP contribution in [0.25, 0.3) is 0 Å². The molecule has 0 radical (unpaired) electrons. The van der Waals surface area contributed by atoms with Crippen molar-refractivity contribution in [3.63, 3.8) is 0 Å². The summed E-state index contributed by atoms with van der Waals surface area (Å²) in [6.07, 6.45) is 14.5. The van der Waals surface area contributed by atoms with E-state index >= 15 is 0 Å². The van der Waals surface area contributed by atoms with Crippen LogP contribution in [0.15, 0.2) is 4.99 Å². The Morgan fingerprint density at radius 3 is 1.72 bits per heavy atom. The molecule has 1 fully saturated rings. The van der Waals surface area contributed by atoms with Crippen LogP contribution < -0.4 is 0 Å². The van der Waals surface area contributed by atoms with Crippen molar-refractivity contribution < 1.29 is 4.79 Å². The van der Waals surface area contributed by atoms with E-state index in [0.29, 0.717) is 0 Å². The van der Waals surface area contributed by atoms with E-state index in [1.807, 2.05) is 6.08 Å². The average molecular weight is 251 g/mol. The summed E-state index contributed by atoms with van der Waals surface area (Å²) in [7, 11) is 0. The molecular weight excluding hydrogens is 222 g/mol. The van der Waals surface area contributed by atoms with Gasteiger partial charge < -0.3 is 0 Å². The lowest BCUT2D eigenvalue weighted by Crippen LogP contribution is -2.40. The zero-order valence-corrected chi connectivity index (χ0v) is 12.4. The monoisotopic (exact) mass is 251 g/mol. The number of rotatable bonds is 1. The fourth-order valence-corrected chi connectivity index (χ4v) is 3.01. The summed E-state index contributed by atoms with van der Waals surface area (Å²) in [6.45, 7) is 6.67. The molecular formula is C16H29NO. The molecule has 0 amide bonds. The minimum absolute atomic E-state index is 0.101. The van der Waals surface area contributed by atoms with E-state index in [1.165, 1.54) is 51.4 Å². The highest BCUT2D eigenvalue weighted by Gasteiger charge is 2.40. The molecule has 1 rings (SSSR count). The number of carbonyl (C=O) groups excluding carboxylic acids is 1. The molecule has 18 heavy (non-hydrogen) atoms. The Kier molecular flexibility index (Phi) is 6.08. The van der Waals surface area contributed by atoms with E-state index in [0.717, 1.165) is 12.8 Å². The molecule has 0 aromatic heterocycles. The van der Waals surface area contributed by atoms with Gasteiger partial charge in [-0.3, -0.25) is 0 Å². The molecule has 1 saturated carbocycles. The van der Waals surface area contributed by atoms with E-state index < -0.39 is 0 Å². The first kappa shape index (κ1) is 15.4. The predicted octanol–water partition coefficient (Wildman–Crippen LogP) is 5.02. The minimum Gasteiger partial charge on any atom is -0.211 e. The first-order valence-electron chi connectivity index (χ1n) is 7.61. The van der Waals surface area contributed by atoms with Crippen molar-refractivity contribution in [2.24, 2.45) is 10.4 Å². The Labute approximate surface area is 112 Å². The third kappa shape index (κ3) is 4.24. The molecule has 2 heteroatoms. The molecule has 0 aromatic rings. The van der Waals surface area contributed by atoms with E-state index in [9.17, 15) is 4.79 Å². The maximum absolute atomic E-state index is 10.7. The van der Waals surface area contributed by atoms with Gasteiger partial charge in [0.25, 0.3) is 0 Å². The van der Waals surface area contributed by atoms with Gasteiger partial charge in [0, 0.05) is 0 Å². The van der Waals surface area contributed by atoms with Crippen molar-refractivity contribution in [1.29, 1.82) is 0 Å². The van der Waals surface area contributed by atoms with Crippen LogP contribution in [0.3, 0.4) is 0 Å². The highest BCUT2D eigenvalue weighted by molar-refractivity contribution is 5.35. The van der Waals surface area contributed by atoms with Crippen LogP contribution in [-0.4, -0.2) is 11.6 Å². The summed E-state index contributed by atoms with van der Waals surface area (Å²) in [6, 6.07) is 0. The van der Waals surface area contributed by atoms with E-state index in [2.05, 4.69) is 25.8 Å². The second-order valence-electron chi connectivity index (χ2n) is 6.69. The lowest BCUT2D eigenvalue weighted by molar-refractivity contribution is 0.149. The molecule has 0 aromatic carbocycles. The molecule has 0 aliphatic heterocycles. The van der Waals surface area contributed by atoms with E-state index in [-0.39, 0.29) is 11.0 Å². The molecule has 2 nitrogen and oxygen atoms in total. The SMILES string of the molecule is CC1(C)CCCCCCCCCCC1(C)N=C=O. The zero-order valence-electron chi connectivity index (χ0n) is 12.4. The zero-order chi connectivity index (χ0) is 13.5. The van der Waals surface area contributed by atoms with Crippen molar-refractivity contribution in [3.05, 3.63) is 0 Å². The van der Waals surface area contributed by atoms with Gasteiger partial charge in [-0.15, -0.1) is 0 Å². The Morgan fingerprint density at radius 2 is 1.22 bits per heavy atom. The van der Waals surface area contributed by atoms with Crippen LogP contribution in [0, 0.1) is 5.41 Å². The Bertz CT molecular complexity index is 291. The van der Waals surface area contributed by atoms with Crippen LogP contribution in [-0.2, 0) is 4.79 Å². The minimum atomic E-state index is -0.228. The Morgan fingerprint density at radius 1 is 0.778 bits per heavy atom.